The predicted octanol–water partition coefficient (Wildman–Crippen LogP) is 4.22. The molecule has 2 aliphatic heterocycles. The van der Waals surface area contributed by atoms with E-state index in [-0.39, 0.29) is 11.3 Å². The molecule has 160 valence electrons. The Hall–Kier alpha value is -4.13. The number of halogens is 1. The molecular formula is C25H18FNO5. The number of carbonyl (C=O) groups is 2. The second kappa shape index (κ2) is 7.85. The molecule has 5 rings (SSSR count). The Kier molecular flexibility index (Phi) is 4.86. The third-order valence-electron chi connectivity index (χ3n) is 5.48. The summed E-state index contributed by atoms with van der Waals surface area (Å²) in [7, 11) is 0. The molecule has 0 radical (unpaired) electrons. The normalized spacial score (nSPS) is 19.3. The lowest BCUT2D eigenvalue weighted by molar-refractivity contribution is -0.132. The molecule has 3 aromatic carbocycles. The quantitative estimate of drug-likeness (QED) is 0.382. The van der Waals surface area contributed by atoms with E-state index in [1.165, 1.54) is 29.2 Å². The first-order valence-electron chi connectivity index (χ1n) is 10.1. The molecule has 1 unspecified atom stereocenters. The van der Waals surface area contributed by atoms with Crippen LogP contribution in [0, 0.1) is 5.82 Å². The number of ketones is 1. The summed E-state index contributed by atoms with van der Waals surface area (Å²) >= 11 is 0. The molecule has 0 bridgehead atoms. The maximum Gasteiger partial charge on any atom is 0.300 e. The maximum atomic E-state index is 13.5. The van der Waals surface area contributed by atoms with Gasteiger partial charge in [0.25, 0.3) is 11.7 Å². The van der Waals surface area contributed by atoms with Crippen molar-refractivity contribution in [3.05, 3.63) is 95.3 Å². The Bertz CT molecular complexity index is 1240. The average Bonchev–Trinajstić information content (AvgIpc) is 3.10. The van der Waals surface area contributed by atoms with E-state index in [2.05, 4.69) is 0 Å². The maximum absolute atomic E-state index is 13.5. The van der Waals surface area contributed by atoms with E-state index in [0.29, 0.717) is 41.5 Å². The fourth-order valence-electron chi connectivity index (χ4n) is 4.00. The first-order chi connectivity index (χ1) is 15.5. The third kappa shape index (κ3) is 3.28. The lowest BCUT2D eigenvalue weighted by Gasteiger charge is -2.25. The van der Waals surface area contributed by atoms with Gasteiger partial charge in [-0.3, -0.25) is 14.5 Å². The second-order valence-electron chi connectivity index (χ2n) is 7.41. The summed E-state index contributed by atoms with van der Waals surface area (Å²) in [6.07, 6.45) is 0. The van der Waals surface area contributed by atoms with Gasteiger partial charge in [0.1, 0.15) is 24.8 Å². The van der Waals surface area contributed by atoms with E-state index in [0.717, 1.165) is 0 Å². The van der Waals surface area contributed by atoms with Gasteiger partial charge in [0, 0.05) is 11.3 Å². The molecule has 1 saturated heterocycles. The van der Waals surface area contributed by atoms with Gasteiger partial charge in [-0.05, 0) is 48.0 Å². The molecule has 1 atom stereocenters. The highest BCUT2D eigenvalue weighted by Crippen LogP contribution is 2.43. The van der Waals surface area contributed by atoms with Gasteiger partial charge in [-0.2, -0.15) is 0 Å². The SMILES string of the molecule is O=C1C(=O)N(c2ccc(F)cc2)C(c2ccccc2)/C1=C(/O)c1ccc2c(c1)OCCO2. The number of ether oxygens (including phenoxy) is 2. The van der Waals surface area contributed by atoms with Gasteiger partial charge in [0.15, 0.2) is 11.5 Å². The van der Waals surface area contributed by atoms with Crippen LogP contribution in [0.2, 0.25) is 0 Å². The molecule has 0 aromatic heterocycles. The standard InChI is InChI=1S/C25H18FNO5/c26-17-7-9-18(10-8-17)27-22(15-4-2-1-3-5-15)21(24(29)25(27)30)23(28)16-6-11-19-20(14-16)32-13-12-31-19/h1-11,14,22,28H,12-13H2/b23-21-. The van der Waals surface area contributed by atoms with Crippen LogP contribution < -0.4 is 14.4 Å². The van der Waals surface area contributed by atoms with Crippen molar-refractivity contribution >= 4 is 23.1 Å². The Labute approximate surface area is 183 Å². The number of hydrogen-bond donors (Lipinski definition) is 1. The molecule has 1 amide bonds. The summed E-state index contributed by atoms with van der Waals surface area (Å²) in [5.41, 5.74) is 1.26. The van der Waals surface area contributed by atoms with E-state index >= 15 is 0 Å². The lowest BCUT2D eigenvalue weighted by Crippen LogP contribution is -2.29. The Morgan fingerprint density at radius 1 is 0.906 bits per heavy atom. The summed E-state index contributed by atoms with van der Waals surface area (Å²) in [6.45, 7) is 0.797. The number of rotatable bonds is 3. The monoisotopic (exact) mass is 431 g/mol. The van der Waals surface area contributed by atoms with Crippen molar-refractivity contribution in [1.29, 1.82) is 0 Å². The highest BCUT2D eigenvalue weighted by atomic mass is 19.1. The number of carbonyl (C=O) groups excluding carboxylic acids is 2. The van der Waals surface area contributed by atoms with E-state index in [1.807, 2.05) is 6.07 Å². The summed E-state index contributed by atoms with van der Waals surface area (Å²) in [5, 5.41) is 11.2. The number of nitrogens with zero attached hydrogens (tertiary/aromatic N) is 1. The van der Waals surface area contributed by atoms with Gasteiger partial charge in [-0.1, -0.05) is 30.3 Å². The highest BCUT2D eigenvalue weighted by molar-refractivity contribution is 6.51. The van der Waals surface area contributed by atoms with Crippen LogP contribution in [0.5, 0.6) is 11.5 Å². The van der Waals surface area contributed by atoms with Crippen LogP contribution in [0.25, 0.3) is 5.76 Å². The van der Waals surface area contributed by atoms with Gasteiger partial charge in [0.05, 0.1) is 11.6 Å². The van der Waals surface area contributed by atoms with Crippen molar-refractivity contribution in [2.24, 2.45) is 0 Å². The number of anilines is 1. The van der Waals surface area contributed by atoms with Crippen molar-refractivity contribution in [2.45, 2.75) is 6.04 Å². The fourth-order valence-corrected chi connectivity index (χ4v) is 4.00. The molecule has 2 heterocycles. The zero-order valence-electron chi connectivity index (χ0n) is 16.8. The molecule has 1 fully saturated rings. The number of hydrogen-bond acceptors (Lipinski definition) is 5. The summed E-state index contributed by atoms with van der Waals surface area (Å²) in [5.74, 6) is -1.42. The van der Waals surface area contributed by atoms with Crippen LogP contribution in [0.15, 0.2) is 78.4 Å². The summed E-state index contributed by atoms with van der Waals surface area (Å²) < 4.78 is 24.6. The van der Waals surface area contributed by atoms with Gasteiger partial charge in [-0.15, -0.1) is 0 Å². The van der Waals surface area contributed by atoms with Crippen molar-refractivity contribution < 1.29 is 28.6 Å². The average molecular weight is 431 g/mol. The molecule has 3 aromatic rings. The minimum absolute atomic E-state index is 0.0535. The molecule has 1 N–H and O–H groups in total. The fraction of sp³-hybridized carbons (Fsp3) is 0.120. The Morgan fingerprint density at radius 2 is 1.59 bits per heavy atom. The molecule has 6 nitrogen and oxygen atoms in total. The number of aliphatic hydroxyl groups excluding tert-OH is 1. The van der Waals surface area contributed by atoms with Gasteiger partial charge < -0.3 is 14.6 Å². The van der Waals surface area contributed by atoms with E-state index in [9.17, 15) is 19.1 Å². The van der Waals surface area contributed by atoms with Crippen LogP contribution in [-0.2, 0) is 9.59 Å². The summed E-state index contributed by atoms with van der Waals surface area (Å²) in [4.78, 5) is 27.4. The zero-order valence-corrected chi connectivity index (χ0v) is 16.8. The Balaban J connectivity index is 1.68. The van der Waals surface area contributed by atoms with Gasteiger partial charge in [0.2, 0.25) is 0 Å². The van der Waals surface area contributed by atoms with Crippen molar-refractivity contribution in [3.63, 3.8) is 0 Å². The third-order valence-corrected chi connectivity index (χ3v) is 5.48. The van der Waals surface area contributed by atoms with E-state index in [1.54, 1.807) is 42.5 Å². The van der Waals surface area contributed by atoms with Crippen LogP contribution in [-0.4, -0.2) is 30.0 Å². The molecule has 32 heavy (non-hydrogen) atoms. The van der Waals surface area contributed by atoms with Gasteiger partial charge in [-0.25, -0.2) is 4.39 Å². The minimum Gasteiger partial charge on any atom is -0.507 e. The molecular weight excluding hydrogens is 413 g/mol. The van der Waals surface area contributed by atoms with Crippen LogP contribution in [0.3, 0.4) is 0 Å². The number of aliphatic hydroxyl groups is 1. The van der Waals surface area contributed by atoms with Gasteiger partial charge >= 0.3 is 0 Å². The first kappa shape index (κ1) is 19.8. The molecule has 7 heteroatoms. The number of fused-ring (bicyclic) bond motifs is 1. The number of benzene rings is 3. The molecule has 2 aliphatic rings. The minimum atomic E-state index is -0.880. The van der Waals surface area contributed by atoms with Crippen molar-refractivity contribution in [2.75, 3.05) is 18.1 Å². The summed E-state index contributed by atoms with van der Waals surface area (Å²) in [6, 6.07) is 18.2. The smallest absolute Gasteiger partial charge is 0.300 e. The topological polar surface area (TPSA) is 76.1 Å². The predicted molar refractivity (Wildman–Crippen MR) is 115 cm³/mol. The highest BCUT2D eigenvalue weighted by Gasteiger charge is 2.47. The second-order valence-corrected chi connectivity index (χ2v) is 7.41. The first-order valence-corrected chi connectivity index (χ1v) is 10.1. The van der Waals surface area contributed by atoms with Crippen molar-refractivity contribution in [1.82, 2.24) is 0 Å². The molecule has 0 saturated carbocycles. The molecule has 0 spiro atoms. The Morgan fingerprint density at radius 3 is 2.31 bits per heavy atom. The zero-order chi connectivity index (χ0) is 22.2. The lowest BCUT2D eigenvalue weighted by atomic mass is 9.95. The number of amides is 1. The van der Waals surface area contributed by atoms with E-state index < -0.39 is 23.5 Å². The van der Waals surface area contributed by atoms with Crippen LogP contribution in [0.1, 0.15) is 17.2 Å². The molecule has 0 aliphatic carbocycles. The van der Waals surface area contributed by atoms with Crippen LogP contribution in [0.4, 0.5) is 10.1 Å². The number of Topliss-reactive ketones (excluding diaryl/α,β-unsaturated/α-hetero) is 1. The van der Waals surface area contributed by atoms with E-state index in [4.69, 9.17) is 9.47 Å². The van der Waals surface area contributed by atoms with Crippen LogP contribution >= 0.6 is 0 Å². The largest absolute Gasteiger partial charge is 0.507 e. The van der Waals surface area contributed by atoms with Crippen molar-refractivity contribution in [3.8, 4) is 11.5 Å².